The number of non-ortho nitro benzene ring substituents is 1. The maximum absolute atomic E-state index is 12.3. The molecule has 0 bridgehead atoms. The molecule has 0 saturated carbocycles. The first-order valence-electron chi connectivity index (χ1n) is 8.57. The first-order valence-corrected chi connectivity index (χ1v) is 8.57. The molecule has 27 heavy (non-hydrogen) atoms. The Kier molecular flexibility index (Phi) is 6.98. The summed E-state index contributed by atoms with van der Waals surface area (Å²) in [4.78, 5) is 33.1. The van der Waals surface area contributed by atoms with Gasteiger partial charge in [-0.05, 0) is 25.8 Å². The molecule has 2 N–H and O–H groups in total. The minimum atomic E-state index is -0.800. The average molecular weight is 375 g/mol. The summed E-state index contributed by atoms with van der Waals surface area (Å²) < 4.78 is 1.38. The molecule has 0 aliphatic rings. The Bertz CT molecular complexity index is 833. The molecule has 2 aromatic rings. The number of nitro groups is 1. The molecule has 0 radical (unpaired) electrons. The summed E-state index contributed by atoms with van der Waals surface area (Å²) in [5, 5.41) is 30.0. The van der Waals surface area contributed by atoms with E-state index < -0.39 is 10.9 Å². The van der Waals surface area contributed by atoms with Crippen molar-refractivity contribution in [1.82, 2.24) is 20.3 Å². The third-order valence-electron chi connectivity index (χ3n) is 4.00. The van der Waals surface area contributed by atoms with Gasteiger partial charge in [0.25, 0.3) is 11.6 Å². The fourth-order valence-electron chi connectivity index (χ4n) is 2.56. The summed E-state index contributed by atoms with van der Waals surface area (Å²) in [6.45, 7) is 2.12. The third-order valence-corrected chi connectivity index (χ3v) is 4.00. The number of hydrogen-bond acceptors (Lipinski definition) is 6. The minimum Gasteiger partial charge on any atom is -0.481 e. The number of nitro benzene ring substituents is 1. The van der Waals surface area contributed by atoms with Crippen molar-refractivity contribution in [3.63, 3.8) is 0 Å². The van der Waals surface area contributed by atoms with Crippen molar-refractivity contribution in [3.05, 3.63) is 45.8 Å². The number of rotatable bonds is 10. The van der Waals surface area contributed by atoms with Crippen molar-refractivity contribution < 1.29 is 19.6 Å². The zero-order chi connectivity index (χ0) is 19.8. The lowest BCUT2D eigenvalue weighted by Gasteiger charge is -2.05. The van der Waals surface area contributed by atoms with Crippen molar-refractivity contribution in [2.24, 2.45) is 0 Å². The summed E-state index contributed by atoms with van der Waals surface area (Å²) in [6, 6.07) is 5.92. The number of carboxylic acid groups (broad SMARTS) is 1. The molecule has 0 spiro atoms. The smallest absolute Gasteiger partial charge is 0.303 e. The normalized spacial score (nSPS) is 10.6. The van der Waals surface area contributed by atoms with E-state index in [2.05, 4.69) is 15.6 Å². The summed E-state index contributed by atoms with van der Waals surface area (Å²) in [7, 11) is 0. The van der Waals surface area contributed by atoms with Gasteiger partial charge in [0.15, 0.2) is 5.69 Å². The van der Waals surface area contributed by atoms with Gasteiger partial charge in [0.2, 0.25) is 0 Å². The summed E-state index contributed by atoms with van der Waals surface area (Å²) >= 11 is 0. The second-order valence-corrected chi connectivity index (χ2v) is 6.03. The van der Waals surface area contributed by atoms with Crippen molar-refractivity contribution in [3.8, 4) is 5.69 Å². The highest BCUT2D eigenvalue weighted by molar-refractivity contribution is 5.93. The zero-order valence-corrected chi connectivity index (χ0v) is 14.9. The number of unbranched alkanes of at least 4 members (excludes halogenated alkanes) is 3. The topological polar surface area (TPSA) is 140 Å². The summed E-state index contributed by atoms with van der Waals surface area (Å²) in [6.07, 6.45) is 3.15. The minimum absolute atomic E-state index is 0.0729. The van der Waals surface area contributed by atoms with E-state index in [0.29, 0.717) is 24.3 Å². The van der Waals surface area contributed by atoms with Crippen LogP contribution in [0.2, 0.25) is 0 Å². The van der Waals surface area contributed by atoms with Gasteiger partial charge in [-0.15, -0.1) is 5.10 Å². The van der Waals surface area contributed by atoms with Crippen LogP contribution >= 0.6 is 0 Å². The van der Waals surface area contributed by atoms with E-state index in [-0.39, 0.29) is 23.7 Å². The Morgan fingerprint density at radius 1 is 1.26 bits per heavy atom. The highest BCUT2D eigenvalue weighted by atomic mass is 16.6. The maximum atomic E-state index is 12.3. The van der Waals surface area contributed by atoms with E-state index in [1.807, 2.05) is 0 Å². The lowest BCUT2D eigenvalue weighted by molar-refractivity contribution is -0.384. The number of aromatic nitrogens is 3. The average Bonchev–Trinajstić information content (AvgIpc) is 3.02. The molecule has 10 heteroatoms. The summed E-state index contributed by atoms with van der Waals surface area (Å²) in [5.41, 5.74) is 1.02. The second kappa shape index (κ2) is 9.41. The summed E-state index contributed by atoms with van der Waals surface area (Å²) in [5.74, 6) is -1.17. The van der Waals surface area contributed by atoms with Crippen LogP contribution in [-0.2, 0) is 4.79 Å². The van der Waals surface area contributed by atoms with Gasteiger partial charge in [-0.1, -0.05) is 24.1 Å². The Labute approximate surface area is 155 Å². The van der Waals surface area contributed by atoms with Crippen LogP contribution in [0.15, 0.2) is 24.3 Å². The number of carboxylic acids is 1. The van der Waals surface area contributed by atoms with Gasteiger partial charge in [-0.2, -0.15) is 0 Å². The number of aliphatic carboxylic acids is 1. The molecule has 0 saturated heterocycles. The van der Waals surface area contributed by atoms with Gasteiger partial charge in [0, 0.05) is 25.1 Å². The number of benzene rings is 1. The highest BCUT2D eigenvalue weighted by Crippen LogP contribution is 2.18. The van der Waals surface area contributed by atoms with Gasteiger partial charge in [0.1, 0.15) is 0 Å². The molecular formula is C17H21N5O5. The molecule has 10 nitrogen and oxygen atoms in total. The molecular weight excluding hydrogens is 354 g/mol. The molecule has 1 heterocycles. The second-order valence-electron chi connectivity index (χ2n) is 6.03. The van der Waals surface area contributed by atoms with Crippen molar-refractivity contribution >= 4 is 17.6 Å². The molecule has 1 aromatic heterocycles. The van der Waals surface area contributed by atoms with Gasteiger partial charge < -0.3 is 10.4 Å². The van der Waals surface area contributed by atoms with Crippen LogP contribution in [0.3, 0.4) is 0 Å². The predicted octanol–water partition coefficient (Wildman–Crippen LogP) is 2.25. The SMILES string of the molecule is Cc1c(C(=O)NCCCCCCC(=O)O)nnn1-c1cccc([N+](=O)[O-])c1. The lowest BCUT2D eigenvalue weighted by Crippen LogP contribution is -2.25. The van der Waals surface area contributed by atoms with E-state index in [4.69, 9.17) is 5.11 Å². The van der Waals surface area contributed by atoms with E-state index in [1.165, 1.54) is 16.8 Å². The maximum Gasteiger partial charge on any atom is 0.303 e. The van der Waals surface area contributed by atoms with Crippen molar-refractivity contribution in [2.45, 2.75) is 39.0 Å². The van der Waals surface area contributed by atoms with E-state index in [9.17, 15) is 19.7 Å². The molecule has 0 aliphatic carbocycles. The fraction of sp³-hybridized carbons (Fsp3) is 0.412. The predicted molar refractivity (Wildman–Crippen MR) is 95.8 cm³/mol. The zero-order valence-electron chi connectivity index (χ0n) is 14.9. The van der Waals surface area contributed by atoms with E-state index in [1.54, 1.807) is 19.1 Å². The highest BCUT2D eigenvalue weighted by Gasteiger charge is 2.18. The van der Waals surface area contributed by atoms with Crippen LogP contribution in [0.1, 0.15) is 48.3 Å². The molecule has 0 aliphatic heterocycles. The van der Waals surface area contributed by atoms with Gasteiger partial charge in [-0.3, -0.25) is 19.7 Å². The Morgan fingerprint density at radius 3 is 2.70 bits per heavy atom. The van der Waals surface area contributed by atoms with Crippen LogP contribution in [0, 0.1) is 17.0 Å². The number of amides is 1. The van der Waals surface area contributed by atoms with Gasteiger partial charge >= 0.3 is 5.97 Å². The van der Waals surface area contributed by atoms with Crippen LogP contribution in [-0.4, -0.2) is 43.4 Å². The van der Waals surface area contributed by atoms with Crippen LogP contribution in [0.4, 0.5) is 5.69 Å². The monoisotopic (exact) mass is 375 g/mol. The standard InChI is InChI=1S/C17H21N5O5/c1-12-16(17(25)18-10-5-3-2-4-9-15(23)24)19-20-21(12)13-7-6-8-14(11-13)22(26)27/h6-8,11H,2-5,9-10H2,1H3,(H,18,25)(H,23,24). The van der Waals surface area contributed by atoms with Gasteiger partial charge in [0.05, 0.1) is 16.3 Å². The molecule has 0 fully saturated rings. The molecule has 1 amide bonds. The van der Waals surface area contributed by atoms with Crippen molar-refractivity contribution in [2.75, 3.05) is 6.54 Å². The largest absolute Gasteiger partial charge is 0.481 e. The number of nitrogens with zero attached hydrogens (tertiary/aromatic N) is 4. The van der Waals surface area contributed by atoms with Crippen molar-refractivity contribution in [1.29, 1.82) is 0 Å². The fourth-order valence-corrected chi connectivity index (χ4v) is 2.56. The lowest BCUT2D eigenvalue weighted by atomic mass is 10.1. The quantitative estimate of drug-likeness (QED) is 0.368. The first-order chi connectivity index (χ1) is 12.9. The van der Waals surface area contributed by atoms with Crippen LogP contribution in [0.5, 0.6) is 0 Å². The molecule has 2 rings (SSSR count). The Hall–Kier alpha value is -3.30. The molecule has 0 atom stereocenters. The Morgan fingerprint density at radius 2 is 2.00 bits per heavy atom. The number of hydrogen-bond donors (Lipinski definition) is 2. The van der Waals surface area contributed by atoms with Gasteiger partial charge in [-0.25, -0.2) is 4.68 Å². The van der Waals surface area contributed by atoms with E-state index in [0.717, 1.165) is 19.3 Å². The van der Waals surface area contributed by atoms with Crippen LogP contribution in [0.25, 0.3) is 5.69 Å². The number of nitrogens with one attached hydrogen (secondary N) is 1. The molecule has 1 aromatic carbocycles. The van der Waals surface area contributed by atoms with E-state index >= 15 is 0 Å². The van der Waals surface area contributed by atoms with Crippen LogP contribution < -0.4 is 5.32 Å². The molecule has 144 valence electrons. The Balaban J connectivity index is 1.91. The first kappa shape index (κ1) is 20.0. The number of carbonyl (C=O) groups excluding carboxylic acids is 1. The number of carbonyl (C=O) groups is 2. The third kappa shape index (κ3) is 5.59. The molecule has 0 unspecified atom stereocenters.